The summed E-state index contributed by atoms with van der Waals surface area (Å²) in [6.07, 6.45) is 3.03. The first-order chi connectivity index (χ1) is 15.8. The summed E-state index contributed by atoms with van der Waals surface area (Å²) in [6.45, 7) is 1.57. The van der Waals surface area contributed by atoms with Crippen molar-refractivity contribution in [2.24, 2.45) is 5.92 Å². The average molecular weight is 520 g/mol. The topological polar surface area (TPSA) is 106 Å². The Morgan fingerprint density at radius 1 is 1.24 bits per heavy atom. The van der Waals surface area contributed by atoms with Crippen LogP contribution in [0.25, 0.3) is 0 Å². The van der Waals surface area contributed by atoms with Crippen LogP contribution in [0.1, 0.15) is 25.3 Å². The van der Waals surface area contributed by atoms with E-state index in [4.69, 9.17) is 27.9 Å². The van der Waals surface area contributed by atoms with Crippen molar-refractivity contribution in [3.8, 4) is 0 Å². The molecule has 9 nitrogen and oxygen atoms in total. The van der Waals surface area contributed by atoms with Gasteiger partial charge in [0.2, 0.25) is 0 Å². The van der Waals surface area contributed by atoms with Crippen molar-refractivity contribution in [1.82, 2.24) is 19.1 Å². The van der Waals surface area contributed by atoms with Crippen LogP contribution in [0.2, 0.25) is 10.0 Å². The minimum absolute atomic E-state index is 0.00511. The second-order valence-electron chi connectivity index (χ2n) is 8.14. The summed E-state index contributed by atoms with van der Waals surface area (Å²) in [7, 11) is -3.99. The summed E-state index contributed by atoms with van der Waals surface area (Å²) < 4.78 is 48.1. The van der Waals surface area contributed by atoms with E-state index in [1.165, 1.54) is 24.5 Å². The van der Waals surface area contributed by atoms with Crippen molar-refractivity contribution in [2.45, 2.75) is 36.5 Å². The summed E-state index contributed by atoms with van der Waals surface area (Å²) in [5.41, 5.74) is -0.238. The first-order valence-electron chi connectivity index (χ1n) is 10.6. The summed E-state index contributed by atoms with van der Waals surface area (Å²) in [5.74, 6) is 0.314. The minimum atomic E-state index is -3.99. The van der Waals surface area contributed by atoms with Crippen LogP contribution in [-0.4, -0.2) is 66.5 Å². The molecule has 0 unspecified atom stereocenters. The third-order valence-electron chi connectivity index (χ3n) is 5.87. The third kappa shape index (κ3) is 5.32. The molecule has 0 spiro atoms. The molecule has 0 aromatic carbocycles. The predicted molar refractivity (Wildman–Crippen MR) is 122 cm³/mol. The number of nitrogens with zero attached hydrogens (tertiary/aromatic N) is 4. The largest absolute Gasteiger partial charge is 0.382 e. The third-order valence-corrected chi connectivity index (χ3v) is 8.24. The molecule has 2 saturated heterocycles. The van der Waals surface area contributed by atoms with Crippen LogP contribution in [0.15, 0.2) is 34.3 Å². The SMILES string of the molecule is O=c1c(Cl)c(NC[C@H]2CCCOC2)cnn1[C@H]1CCN(S(=O)(=O)c2ccc(Cl)cn2)C[C@H]1F. The Morgan fingerprint density at radius 3 is 2.73 bits per heavy atom. The molecule has 13 heteroatoms. The molecule has 2 fully saturated rings. The highest BCUT2D eigenvalue weighted by Gasteiger charge is 2.38. The van der Waals surface area contributed by atoms with E-state index in [1.807, 2.05) is 0 Å². The number of halogens is 3. The molecule has 0 bridgehead atoms. The summed E-state index contributed by atoms with van der Waals surface area (Å²) in [5, 5.41) is 7.26. The van der Waals surface area contributed by atoms with Gasteiger partial charge in [-0.15, -0.1) is 0 Å². The lowest BCUT2D eigenvalue weighted by Crippen LogP contribution is -2.48. The lowest BCUT2D eigenvalue weighted by Gasteiger charge is -2.34. The van der Waals surface area contributed by atoms with Gasteiger partial charge in [0.1, 0.15) is 11.2 Å². The van der Waals surface area contributed by atoms with E-state index < -0.39 is 34.3 Å². The van der Waals surface area contributed by atoms with Crippen LogP contribution in [-0.2, 0) is 14.8 Å². The summed E-state index contributed by atoms with van der Waals surface area (Å²) >= 11 is 12.0. The van der Waals surface area contributed by atoms with Gasteiger partial charge in [-0.25, -0.2) is 22.5 Å². The number of piperidine rings is 1. The van der Waals surface area contributed by atoms with E-state index in [0.29, 0.717) is 29.8 Å². The second-order valence-corrected chi connectivity index (χ2v) is 10.8. The van der Waals surface area contributed by atoms with Gasteiger partial charge in [-0.05, 0) is 37.3 Å². The highest BCUT2D eigenvalue weighted by molar-refractivity contribution is 7.89. The van der Waals surface area contributed by atoms with Gasteiger partial charge in [0.25, 0.3) is 15.6 Å². The van der Waals surface area contributed by atoms with Crippen LogP contribution in [0.3, 0.4) is 0 Å². The zero-order valence-electron chi connectivity index (χ0n) is 17.7. The van der Waals surface area contributed by atoms with Crippen molar-refractivity contribution < 1.29 is 17.5 Å². The van der Waals surface area contributed by atoms with Gasteiger partial charge >= 0.3 is 0 Å². The fourth-order valence-electron chi connectivity index (χ4n) is 4.03. The number of hydrogen-bond donors (Lipinski definition) is 1. The molecule has 33 heavy (non-hydrogen) atoms. The number of nitrogens with one attached hydrogen (secondary N) is 1. The van der Waals surface area contributed by atoms with Gasteiger partial charge < -0.3 is 10.1 Å². The molecule has 2 aliphatic rings. The van der Waals surface area contributed by atoms with Gasteiger partial charge in [-0.3, -0.25) is 4.79 Å². The van der Waals surface area contributed by atoms with Crippen molar-refractivity contribution >= 4 is 38.9 Å². The molecule has 4 heterocycles. The Kier molecular flexibility index (Phi) is 7.54. The maximum absolute atomic E-state index is 15.1. The molecule has 1 N–H and O–H groups in total. The number of anilines is 1. The number of rotatable bonds is 6. The van der Waals surface area contributed by atoms with E-state index in [9.17, 15) is 13.2 Å². The highest BCUT2D eigenvalue weighted by Crippen LogP contribution is 2.29. The number of pyridine rings is 1. The Hall–Kier alpha value is -1.79. The van der Waals surface area contributed by atoms with Gasteiger partial charge in [-0.1, -0.05) is 23.2 Å². The van der Waals surface area contributed by atoms with E-state index in [2.05, 4.69) is 15.4 Å². The number of sulfonamides is 1. The van der Waals surface area contributed by atoms with Gasteiger partial charge in [0.15, 0.2) is 5.03 Å². The maximum Gasteiger partial charge on any atom is 0.288 e. The fourth-order valence-corrected chi connectivity index (χ4v) is 5.72. The molecule has 0 amide bonds. The first kappa shape index (κ1) is 24.3. The smallest absolute Gasteiger partial charge is 0.288 e. The minimum Gasteiger partial charge on any atom is -0.382 e. The quantitative estimate of drug-likeness (QED) is 0.625. The summed E-state index contributed by atoms with van der Waals surface area (Å²) in [6, 6.07) is 1.75. The van der Waals surface area contributed by atoms with E-state index in [0.717, 1.165) is 28.4 Å². The van der Waals surface area contributed by atoms with Crippen molar-refractivity contribution in [1.29, 1.82) is 0 Å². The monoisotopic (exact) mass is 519 g/mol. The van der Waals surface area contributed by atoms with E-state index >= 15 is 4.39 Å². The Morgan fingerprint density at radius 2 is 2.06 bits per heavy atom. The molecule has 3 atom stereocenters. The molecule has 2 aliphatic heterocycles. The molecule has 2 aromatic rings. The Balaban J connectivity index is 1.45. The number of aromatic nitrogens is 3. The number of ether oxygens (including phenoxy) is 1. The fraction of sp³-hybridized carbons (Fsp3) is 0.550. The maximum atomic E-state index is 15.1. The molecular formula is C20H24Cl2FN5O4S. The normalized spacial score (nSPS) is 24.5. The molecule has 0 aliphatic carbocycles. The second kappa shape index (κ2) is 10.2. The average Bonchev–Trinajstić information content (AvgIpc) is 2.81. The lowest BCUT2D eigenvalue weighted by atomic mass is 10.0. The Bertz CT molecular complexity index is 1140. The standard InChI is InChI=1S/C20H24Cl2FN5O4S/c21-14-3-4-18(25-9-14)33(30,31)27-6-5-17(15(23)11-27)28-20(29)19(22)16(10-26-28)24-8-13-2-1-7-32-12-13/h3-4,9-10,13,15,17,24H,1-2,5-8,11-12H2/t13-,15-,17+/m1/s1. The zero-order chi connectivity index (χ0) is 23.6. The first-order valence-corrected chi connectivity index (χ1v) is 12.8. The zero-order valence-corrected chi connectivity index (χ0v) is 20.0. The van der Waals surface area contributed by atoms with Crippen LogP contribution < -0.4 is 10.9 Å². The summed E-state index contributed by atoms with van der Waals surface area (Å²) in [4.78, 5) is 16.6. The molecule has 180 valence electrons. The van der Waals surface area contributed by atoms with Gasteiger partial charge in [0.05, 0.1) is 29.6 Å². The molecule has 0 radical (unpaired) electrons. The van der Waals surface area contributed by atoms with Crippen LogP contribution in [0.4, 0.5) is 10.1 Å². The van der Waals surface area contributed by atoms with Crippen LogP contribution >= 0.6 is 23.2 Å². The van der Waals surface area contributed by atoms with Crippen molar-refractivity contribution in [2.75, 3.05) is 38.2 Å². The van der Waals surface area contributed by atoms with Gasteiger partial charge in [0, 0.05) is 32.4 Å². The van der Waals surface area contributed by atoms with Crippen molar-refractivity contribution in [3.05, 3.63) is 44.9 Å². The van der Waals surface area contributed by atoms with Crippen molar-refractivity contribution in [3.63, 3.8) is 0 Å². The Labute approximate surface area is 200 Å². The molecule has 2 aromatic heterocycles. The molecule has 4 rings (SSSR count). The van der Waals surface area contributed by atoms with E-state index in [-0.39, 0.29) is 23.0 Å². The number of alkyl halides is 1. The molecule has 0 saturated carbocycles. The number of hydrogen-bond acceptors (Lipinski definition) is 7. The van der Waals surface area contributed by atoms with E-state index in [1.54, 1.807) is 0 Å². The molecular weight excluding hydrogens is 496 g/mol. The van der Waals surface area contributed by atoms with Crippen LogP contribution in [0.5, 0.6) is 0 Å². The highest BCUT2D eigenvalue weighted by atomic mass is 35.5. The van der Waals surface area contributed by atoms with Gasteiger partial charge in [-0.2, -0.15) is 9.40 Å². The van der Waals surface area contributed by atoms with Crippen LogP contribution in [0, 0.1) is 5.92 Å². The predicted octanol–water partition coefficient (Wildman–Crippen LogP) is 2.76. The lowest BCUT2D eigenvalue weighted by molar-refractivity contribution is 0.0595.